The van der Waals surface area contributed by atoms with Gasteiger partial charge in [0.25, 0.3) is 5.56 Å². The van der Waals surface area contributed by atoms with Gasteiger partial charge in [-0.3, -0.25) is 29.8 Å². The summed E-state index contributed by atoms with van der Waals surface area (Å²) in [6.07, 6.45) is 8.46. The van der Waals surface area contributed by atoms with Crippen molar-refractivity contribution in [2.75, 3.05) is 20.3 Å². The molecule has 0 spiro atoms. The van der Waals surface area contributed by atoms with Crippen LogP contribution in [0.5, 0.6) is 5.75 Å². The van der Waals surface area contributed by atoms with Crippen LogP contribution in [0.2, 0.25) is 0 Å². The topological polar surface area (TPSA) is 124 Å². The van der Waals surface area contributed by atoms with E-state index < -0.39 is 0 Å². The van der Waals surface area contributed by atoms with Crippen LogP contribution >= 0.6 is 0 Å². The van der Waals surface area contributed by atoms with Crippen LogP contribution in [0.1, 0.15) is 0 Å². The zero-order chi connectivity index (χ0) is 22.7. The zero-order valence-corrected chi connectivity index (χ0v) is 17.8. The van der Waals surface area contributed by atoms with Crippen LogP contribution in [0.3, 0.4) is 0 Å². The number of nitrogens with zero attached hydrogens (tertiary/aromatic N) is 5. The molecular formula is C22H23N7O3. The Hall–Kier alpha value is -4.05. The summed E-state index contributed by atoms with van der Waals surface area (Å²) in [5, 5.41) is 21.3. The summed E-state index contributed by atoms with van der Waals surface area (Å²) >= 11 is 0. The first kappa shape index (κ1) is 21.2. The fourth-order valence-electron chi connectivity index (χ4n) is 3.29. The van der Waals surface area contributed by atoms with Gasteiger partial charge in [-0.25, -0.2) is 0 Å². The van der Waals surface area contributed by atoms with Crippen LogP contribution in [0.4, 0.5) is 0 Å². The molecule has 0 aliphatic carbocycles. The average molecular weight is 433 g/mol. The van der Waals surface area contributed by atoms with Gasteiger partial charge in [0.05, 0.1) is 36.4 Å². The van der Waals surface area contributed by atoms with Crippen molar-refractivity contribution >= 4 is 16.7 Å². The minimum absolute atomic E-state index is 0.00340. The molecule has 164 valence electrons. The third-order valence-corrected chi connectivity index (χ3v) is 4.95. The van der Waals surface area contributed by atoms with E-state index in [1.807, 2.05) is 19.3 Å². The highest BCUT2D eigenvalue weighted by Gasteiger charge is 2.10. The lowest BCUT2D eigenvalue weighted by Crippen LogP contribution is -2.32. The molecular weight excluding hydrogens is 410 g/mol. The first-order valence-electron chi connectivity index (χ1n) is 9.91. The molecule has 0 saturated carbocycles. The van der Waals surface area contributed by atoms with Gasteiger partial charge in [-0.1, -0.05) is 0 Å². The second-order valence-electron chi connectivity index (χ2n) is 7.22. The second-order valence-corrected chi connectivity index (χ2v) is 7.22. The molecule has 10 heteroatoms. The molecule has 0 unspecified atom stereocenters. The van der Waals surface area contributed by atoms with Gasteiger partial charge in [-0.2, -0.15) is 5.10 Å². The maximum atomic E-state index is 13.0. The van der Waals surface area contributed by atoms with Gasteiger partial charge in [0.2, 0.25) is 0 Å². The summed E-state index contributed by atoms with van der Waals surface area (Å²) in [5.74, 6) is 0.564. The molecule has 0 aliphatic heterocycles. The molecule has 2 N–H and O–H groups in total. The first-order chi connectivity index (χ1) is 15.5. The minimum Gasteiger partial charge on any atom is -0.490 e. The van der Waals surface area contributed by atoms with Gasteiger partial charge in [0, 0.05) is 43.9 Å². The molecule has 4 heterocycles. The normalized spacial score (nSPS) is 11.1. The van der Waals surface area contributed by atoms with Crippen molar-refractivity contribution in [3.05, 3.63) is 71.1 Å². The Morgan fingerprint density at radius 2 is 1.97 bits per heavy atom. The van der Waals surface area contributed by atoms with Crippen molar-refractivity contribution < 1.29 is 9.47 Å². The third kappa shape index (κ3) is 4.35. The number of hydrogen-bond donors (Lipinski definition) is 2. The van der Waals surface area contributed by atoms with Crippen LogP contribution in [-0.4, -0.2) is 50.1 Å². The number of rotatable bonds is 7. The molecule has 0 saturated heterocycles. The average Bonchev–Trinajstić information content (AvgIpc) is 3.22. The van der Waals surface area contributed by atoms with Crippen LogP contribution < -0.4 is 15.8 Å². The molecule has 0 aliphatic rings. The number of ether oxygens (including phenoxy) is 2. The van der Waals surface area contributed by atoms with E-state index in [-0.39, 0.29) is 23.4 Å². The summed E-state index contributed by atoms with van der Waals surface area (Å²) in [6.45, 7) is 0.779. The van der Waals surface area contributed by atoms with E-state index >= 15 is 0 Å². The van der Waals surface area contributed by atoms with Crippen LogP contribution in [0, 0.1) is 10.8 Å². The molecule has 0 fully saturated rings. The summed E-state index contributed by atoms with van der Waals surface area (Å²) in [6, 6.07) is 6.80. The van der Waals surface area contributed by atoms with E-state index in [0.29, 0.717) is 29.9 Å². The molecule has 4 aromatic heterocycles. The van der Waals surface area contributed by atoms with Crippen molar-refractivity contribution in [3.63, 3.8) is 0 Å². The molecule has 4 rings (SSSR count). The van der Waals surface area contributed by atoms with E-state index in [9.17, 15) is 4.79 Å². The highest BCUT2D eigenvalue weighted by molar-refractivity contribution is 5.83. The Bertz CT molecular complexity index is 1400. The smallest absolute Gasteiger partial charge is 0.260 e. The fraction of sp³-hybridized carbons (Fsp3) is 0.227. The lowest BCUT2D eigenvalue weighted by atomic mass is 10.1. The lowest BCUT2D eigenvalue weighted by molar-refractivity contribution is 0.146. The van der Waals surface area contributed by atoms with Crippen LogP contribution in [0.25, 0.3) is 22.0 Å². The number of fused-ring (bicyclic) bond motifs is 1. The van der Waals surface area contributed by atoms with E-state index in [4.69, 9.17) is 20.3 Å². The van der Waals surface area contributed by atoms with Gasteiger partial charge in [0.15, 0.2) is 0 Å². The molecule has 0 aromatic carbocycles. The maximum Gasteiger partial charge on any atom is 0.260 e. The third-order valence-electron chi connectivity index (χ3n) is 4.95. The van der Waals surface area contributed by atoms with Gasteiger partial charge >= 0.3 is 0 Å². The molecule has 0 amide bonds. The van der Waals surface area contributed by atoms with E-state index in [0.717, 1.165) is 11.1 Å². The SMILES string of the molecule is COCCOc1cnc2ccn(CC(=N)n3cc(-c4cnn(C)c4)ccc3=N)c(=O)c2c1. The summed E-state index contributed by atoms with van der Waals surface area (Å²) in [7, 11) is 3.41. The quantitative estimate of drug-likeness (QED) is 0.260. The van der Waals surface area contributed by atoms with Gasteiger partial charge in [0.1, 0.15) is 23.7 Å². The van der Waals surface area contributed by atoms with Crippen LogP contribution in [-0.2, 0) is 18.3 Å². The van der Waals surface area contributed by atoms with Crippen molar-refractivity contribution in [2.24, 2.45) is 7.05 Å². The van der Waals surface area contributed by atoms with E-state index in [1.54, 1.807) is 54.8 Å². The highest BCUT2D eigenvalue weighted by Crippen LogP contribution is 2.17. The van der Waals surface area contributed by atoms with Crippen molar-refractivity contribution in [1.82, 2.24) is 23.9 Å². The number of nitrogens with one attached hydrogen (secondary N) is 2. The number of hydrogen-bond acceptors (Lipinski definition) is 7. The summed E-state index contributed by atoms with van der Waals surface area (Å²) in [5.41, 5.74) is 2.11. The predicted molar refractivity (Wildman–Crippen MR) is 119 cm³/mol. The summed E-state index contributed by atoms with van der Waals surface area (Å²) < 4.78 is 15.1. The molecule has 0 atom stereocenters. The number of aromatic nitrogens is 5. The van der Waals surface area contributed by atoms with Gasteiger partial charge in [-0.05, 0) is 24.3 Å². The van der Waals surface area contributed by atoms with Crippen LogP contribution in [0.15, 0.2) is 60.0 Å². The van der Waals surface area contributed by atoms with Gasteiger partial charge < -0.3 is 14.0 Å². The maximum absolute atomic E-state index is 13.0. The predicted octanol–water partition coefficient (Wildman–Crippen LogP) is 1.63. The molecule has 4 aromatic rings. The number of methoxy groups -OCH3 is 1. The molecule has 32 heavy (non-hydrogen) atoms. The number of aryl methyl sites for hydroxylation is 1. The van der Waals surface area contributed by atoms with Crippen molar-refractivity contribution in [1.29, 1.82) is 10.8 Å². The van der Waals surface area contributed by atoms with Crippen molar-refractivity contribution in [3.8, 4) is 16.9 Å². The summed E-state index contributed by atoms with van der Waals surface area (Å²) in [4.78, 5) is 17.3. The Morgan fingerprint density at radius 3 is 2.72 bits per heavy atom. The van der Waals surface area contributed by atoms with Crippen molar-refractivity contribution in [2.45, 2.75) is 6.54 Å². The Balaban J connectivity index is 1.63. The molecule has 10 nitrogen and oxygen atoms in total. The largest absolute Gasteiger partial charge is 0.490 e. The zero-order valence-electron chi connectivity index (χ0n) is 17.8. The molecule has 0 bridgehead atoms. The standard InChI is InChI=1S/C22H23N7O3/c1-27-12-16(10-26-27)15-3-4-20(23)29(13-15)21(24)14-28-6-5-19-18(22(28)30)9-17(11-25-19)32-8-7-31-2/h3-6,9-13,23-24H,7-8,14H2,1-2H3. The monoisotopic (exact) mass is 433 g/mol. The van der Waals surface area contributed by atoms with E-state index in [2.05, 4.69) is 10.1 Å². The Labute approximate surface area is 183 Å². The molecule has 0 radical (unpaired) electrons. The Kier molecular flexibility index (Phi) is 5.95. The fourth-order valence-corrected chi connectivity index (χ4v) is 3.29. The van der Waals surface area contributed by atoms with Gasteiger partial charge in [-0.15, -0.1) is 0 Å². The highest BCUT2D eigenvalue weighted by atomic mass is 16.5. The van der Waals surface area contributed by atoms with E-state index in [1.165, 1.54) is 9.13 Å². The second kappa shape index (κ2) is 8.98. The lowest BCUT2D eigenvalue weighted by Gasteiger charge is -2.13. The first-order valence-corrected chi connectivity index (χ1v) is 9.91. The number of pyridine rings is 3. The Morgan fingerprint density at radius 1 is 1.12 bits per heavy atom. The minimum atomic E-state index is -0.285.